The maximum absolute atomic E-state index is 13.8. The average Bonchev–Trinajstić information content (AvgIpc) is 1.56. The highest BCUT2D eigenvalue weighted by Crippen LogP contribution is 2.48. The summed E-state index contributed by atoms with van der Waals surface area (Å²) in [5.41, 5.74) is 13.8. The van der Waals surface area contributed by atoms with Crippen LogP contribution >= 0.6 is 11.6 Å². The minimum Gasteiger partial charge on any atom is -0.497 e. The van der Waals surface area contributed by atoms with E-state index < -0.39 is 11.0 Å². The molecule has 134 heavy (non-hydrogen) atoms. The second kappa shape index (κ2) is 43.3. The highest BCUT2D eigenvalue weighted by atomic mass is 35.5. The number of fused-ring (bicyclic) bond motifs is 10. The van der Waals surface area contributed by atoms with Crippen molar-refractivity contribution in [2.45, 2.75) is 157 Å². The second-order valence-corrected chi connectivity index (χ2v) is 38.3. The zero-order valence-corrected chi connectivity index (χ0v) is 79.3. The van der Waals surface area contributed by atoms with Gasteiger partial charge in [0.2, 0.25) is 5.91 Å². The summed E-state index contributed by atoms with van der Waals surface area (Å²) in [5.74, 6) is 1.94. The summed E-state index contributed by atoms with van der Waals surface area (Å²) in [6, 6.07) is 44.2. The molecule has 13 aliphatic rings. The molecule has 12 aliphatic heterocycles. The van der Waals surface area contributed by atoms with Gasteiger partial charge < -0.3 is 90.4 Å². The van der Waals surface area contributed by atoms with Crippen molar-refractivity contribution >= 4 is 99.0 Å². The quantitative estimate of drug-likeness (QED) is 0.0735. The number of H-pyrrole nitrogens is 1. The molecule has 0 bridgehead atoms. The molecule has 0 saturated carbocycles. The Morgan fingerprint density at radius 1 is 0.425 bits per heavy atom. The number of halogens is 2. The van der Waals surface area contributed by atoms with Gasteiger partial charge in [0, 0.05) is 147 Å². The molecule has 16 heterocycles. The van der Waals surface area contributed by atoms with E-state index in [0.717, 1.165) is 280 Å². The van der Waals surface area contributed by atoms with E-state index in [1.165, 1.54) is 22.8 Å². The zero-order valence-electron chi connectivity index (χ0n) is 78.6. The van der Waals surface area contributed by atoms with Crippen molar-refractivity contribution in [3.8, 4) is 5.75 Å². The number of piperidine rings is 6. The SMILES string of the molecule is CN1CCC(N2CCc3cc(Cl)ccc3NC2=O)CC1.CN1CCC(N2CCc3cccc(F)c3NC2=O)CC1.CN1CCC(N2CCc3ccccc3NC2=O)CC1.CN1CCC(n2c(=O)[nH]c3ncccc32)CC1.CN1CCC2(CC1)OC(=O)Nc1ncccc12.CNc1ccc2c(c1)CC1(C2)C(=O)Nc2ncccc21.COc1ccc2c(c1)CCN(C1CCN(C)CC1)C(=O)N2. The Labute approximate surface area is 789 Å². The molecule has 1 atom stereocenters. The summed E-state index contributed by atoms with van der Waals surface area (Å²) in [7, 11) is 16.3. The molecule has 33 heteroatoms. The number of aromatic nitrogens is 5. The van der Waals surface area contributed by atoms with E-state index in [2.05, 4.69) is 153 Å². The number of para-hydroxylation sites is 2. The summed E-state index contributed by atoms with van der Waals surface area (Å²) in [6.07, 6.45) is 21.7. The summed E-state index contributed by atoms with van der Waals surface area (Å²) in [4.78, 5) is 123. The van der Waals surface area contributed by atoms with Crippen LogP contribution in [-0.2, 0) is 59.1 Å². The van der Waals surface area contributed by atoms with Gasteiger partial charge in [-0.15, -0.1) is 0 Å². The molecule has 8 N–H and O–H groups in total. The number of nitrogens with one attached hydrogen (secondary N) is 8. The molecule has 1 aliphatic carbocycles. The highest BCUT2D eigenvalue weighted by Gasteiger charge is 2.51. The van der Waals surface area contributed by atoms with Crippen LogP contribution in [0.4, 0.5) is 68.4 Å². The van der Waals surface area contributed by atoms with Crippen molar-refractivity contribution in [1.82, 2.24) is 73.5 Å². The first-order valence-electron chi connectivity index (χ1n) is 47.7. The van der Waals surface area contributed by atoms with Gasteiger partial charge in [-0.25, -0.2) is 48.1 Å². The van der Waals surface area contributed by atoms with Crippen molar-refractivity contribution in [3.63, 3.8) is 0 Å². The number of anilines is 7. The second-order valence-electron chi connectivity index (χ2n) is 37.8. The van der Waals surface area contributed by atoms with Crippen LogP contribution in [0.2, 0.25) is 5.02 Å². The van der Waals surface area contributed by atoms with Crippen molar-refractivity contribution < 1.29 is 42.6 Å². The fraction of sp³-hybridized carbons (Fsp3) is 0.485. The summed E-state index contributed by atoms with van der Waals surface area (Å²) >= 11 is 6.04. The van der Waals surface area contributed by atoms with Crippen LogP contribution in [0, 0.1) is 5.82 Å². The van der Waals surface area contributed by atoms with Gasteiger partial charge in [0.05, 0.1) is 23.7 Å². The maximum Gasteiger partial charge on any atom is 0.413 e. The fourth-order valence-electron chi connectivity index (χ4n) is 21.0. The molecule has 6 fully saturated rings. The summed E-state index contributed by atoms with van der Waals surface area (Å²) in [5, 5.41) is 21.3. The number of amides is 10. The minimum absolute atomic E-state index is 0.0284. The molecule has 10 amide bonds. The van der Waals surface area contributed by atoms with Crippen LogP contribution in [0.15, 0.2) is 157 Å². The van der Waals surface area contributed by atoms with Gasteiger partial charge in [-0.05, 0) is 335 Å². The van der Waals surface area contributed by atoms with Gasteiger partial charge in [-0.2, -0.15) is 0 Å². The van der Waals surface area contributed by atoms with E-state index in [1.54, 1.807) is 31.8 Å². The van der Waals surface area contributed by atoms with Crippen molar-refractivity contribution in [2.24, 2.45) is 0 Å². The number of benzene rings is 5. The number of hydrogen-bond donors (Lipinski definition) is 8. The molecule has 0 radical (unpaired) electrons. The van der Waals surface area contributed by atoms with E-state index >= 15 is 0 Å². The zero-order chi connectivity index (χ0) is 93.7. The number of likely N-dealkylation sites (tertiary alicyclic amines) is 6. The van der Waals surface area contributed by atoms with Crippen molar-refractivity contribution in [2.75, 3.05) is 198 Å². The number of aromatic amines is 1. The molecule has 4 aromatic heterocycles. The Bertz CT molecular complexity index is 5690. The van der Waals surface area contributed by atoms with Crippen LogP contribution in [0.1, 0.15) is 128 Å². The fourth-order valence-corrected chi connectivity index (χ4v) is 21.2. The number of rotatable bonds is 7. The molecule has 1 unspecified atom stereocenters. The van der Waals surface area contributed by atoms with Crippen LogP contribution in [0.3, 0.4) is 0 Å². The summed E-state index contributed by atoms with van der Waals surface area (Å²) in [6.45, 7) is 15.4. The summed E-state index contributed by atoms with van der Waals surface area (Å²) < 4.78 is 26.5. The third kappa shape index (κ3) is 22.4. The highest BCUT2D eigenvalue weighted by molar-refractivity contribution is 6.30. The molecule has 2 spiro atoms. The molecule has 31 nitrogen and oxygen atoms in total. The molecule has 22 rings (SSSR count). The third-order valence-electron chi connectivity index (χ3n) is 29.1. The molecular formula is C101H130ClFN22O9. The van der Waals surface area contributed by atoms with Gasteiger partial charge in [-0.1, -0.05) is 54.1 Å². The molecule has 5 aromatic carbocycles. The van der Waals surface area contributed by atoms with Gasteiger partial charge >= 0.3 is 35.9 Å². The van der Waals surface area contributed by atoms with Gasteiger partial charge in [-0.3, -0.25) is 19.7 Å². The van der Waals surface area contributed by atoms with Crippen LogP contribution in [0.5, 0.6) is 5.75 Å². The van der Waals surface area contributed by atoms with Gasteiger partial charge in [0.15, 0.2) is 5.65 Å². The molecule has 712 valence electrons. The van der Waals surface area contributed by atoms with E-state index in [1.807, 2.05) is 128 Å². The van der Waals surface area contributed by atoms with E-state index in [0.29, 0.717) is 54.3 Å². The van der Waals surface area contributed by atoms with Crippen molar-refractivity contribution in [1.29, 1.82) is 0 Å². The number of carbonyl (C=O) groups excluding carboxylic acids is 6. The number of nitrogens with zero attached hydrogens (tertiary/aromatic N) is 14. The van der Waals surface area contributed by atoms with Gasteiger partial charge in [0.1, 0.15) is 28.8 Å². The van der Waals surface area contributed by atoms with E-state index in [9.17, 15) is 38.0 Å². The molecule has 6 saturated heterocycles. The molecule has 9 aromatic rings. The number of ether oxygens (including phenoxy) is 2. The third-order valence-corrected chi connectivity index (χ3v) is 29.4. The van der Waals surface area contributed by atoms with Gasteiger partial charge in [0.25, 0.3) is 0 Å². The number of pyridine rings is 3. The minimum atomic E-state index is -0.474. The lowest BCUT2D eigenvalue weighted by atomic mass is 9.79. The predicted molar refractivity (Wildman–Crippen MR) is 524 cm³/mol. The first-order chi connectivity index (χ1) is 64.9. The lowest BCUT2D eigenvalue weighted by molar-refractivity contribution is -0.120. The first-order valence-corrected chi connectivity index (χ1v) is 48.0. The normalized spacial score (nSPS) is 21.3. The van der Waals surface area contributed by atoms with E-state index in [-0.39, 0.29) is 53.7 Å². The van der Waals surface area contributed by atoms with Crippen LogP contribution in [0.25, 0.3) is 11.2 Å². The predicted octanol–water partition coefficient (Wildman–Crippen LogP) is 14.2. The number of carbonyl (C=O) groups is 6. The Morgan fingerprint density at radius 3 is 1.43 bits per heavy atom. The number of imidazole rings is 1. The molecular weight excluding hydrogens is 1720 g/mol. The largest absolute Gasteiger partial charge is 0.497 e. The smallest absolute Gasteiger partial charge is 0.413 e. The van der Waals surface area contributed by atoms with Crippen molar-refractivity contribution in [3.05, 3.63) is 218 Å². The monoisotopic (exact) mass is 1850 g/mol. The topological polar surface area (TPSA) is 314 Å². The Balaban J connectivity index is 0.000000114. The Hall–Kier alpha value is -11.8. The lowest BCUT2D eigenvalue weighted by Crippen LogP contribution is -2.48. The van der Waals surface area contributed by atoms with Crippen LogP contribution in [-0.4, -0.2) is 295 Å². The number of hydrogen-bond acceptors (Lipinski definition) is 19. The number of methoxy groups -OCH3 is 1. The maximum atomic E-state index is 13.8. The number of urea groups is 4. The Kier molecular flexibility index (Phi) is 30.8. The standard InChI is InChI=1S/C16H23N3O2.C16H15N3O.C15H20ClN3O.C15H20FN3O.C15H21N3O.C12H16N4O.C12H15N3O2/c1-18-8-6-13(7-9-18)19-10-5-12-11-14(21-2)3-4-15(12)17-16(19)20;1-17-12-5-4-10-8-16(9-11(10)7-12)13-3-2-6-18-14(13)19-15(16)20;1-18-7-5-13(6-8-18)19-9-4-11-10-12(16)2-3-14(11)17-15(19)20;1-18-8-6-12(7-9-18)19-10-5-11-3-2-4-13(16)14(11)17-15(19)20;1-17-9-7-13(8-10-17)18-11-6-12-4-2-3-5-14(12)16-15(18)19;1-15-7-4-9(5-8-15)16-10-3-2-6-13-11(10)14-12(16)17;1-15-7-4-12(5-8-15)9-3-2-6-13-10(9)14-11(16)17-12/h3-4,11,13H,5-10H2,1-2H3,(H,17,20);2-7,17H,8-9H2,1H3,(H,18,19,20);2-3,10,13H,4-9H2,1H3,(H,17,20);2-4,12H,5-10H2,1H3,(H,17,20);2-5,13H,6-11H2,1H3,(H,16,19);2-3,6,9H,4-5,7-8H2,1H3,(H,13,14,17);2-3,6H,4-5,7-8H2,1H3,(H,13,14,16). The van der Waals surface area contributed by atoms with Crippen LogP contribution < -0.4 is 47.6 Å². The Morgan fingerprint density at radius 2 is 0.881 bits per heavy atom. The average molecular weight is 1850 g/mol. The first kappa shape index (κ1) is 95.4. The van der Waals surface area contributed by atoms with E-state index in [4.69, 9.17) is 21.1 Å². The lowest BCUT2D eigenvalue weighted by Gasteiger charge is -2.42.